The first-order chi connectivity index (χ1) is 9.72. The van der Waals surface area contributed by atoms with E-state index in [4.69, 9.17) is 5.41 Å². The third-order valence-corrected chi connectivity index (χ3v) is 2.86. The van der Waals surface area contributed by atoms with E-state index in [0.29, 0.717) is 0 Å². The van der Waals surface area contributed by atoms with Gasteiger partial charge in [-0.2, -0.15) is 0 Å². The molecule has 2 aromatic rings. The Morgan fingerprint density at radius 2 is 1.86 bits per heavy atom. The van der Waals surface area contributed by atoms with Gasteiger partial charge in [0.05, 0.1) is 0 Å². The number of aryl methyl sites for hydroxylation is 2. The van der Waals surface area contributed by atoms with E-state index in [9.17, 15) is 0 Å². The van der Waals surface area contributed by atoms with Crippen LogP contribution in [-0.4, -0.2) is 11.7 Å². The summed E-state index contributed by atoms with van der Waals surface area (Å²) in [6.07, 6.45) is 2.88. The molecule has 0 saturated carbocycles. The van der Waals surface area contributed by atoms with Gasteiger partial charge in [0, 0.05) is 6.20 Å². The molecule has 0 aliphatic carbocycles. The minimum Gasteiger partial charge on any atom is -0.817 e. The predicted octanol–water partition coefficient (Wildman–Crippen LogP) is 4.59. The van der Waals surface area contributed by atoms with Gasteiger partial charge in [-0.15, -0.1) is 34.9 Å². The molecule has 0 unspecified atom stereocenters. The quantitative estimate of drug-likeness (QED) is 0.480. The van der Waals surface area contributed by atoms with Gasteiger partial charge >= 0.3 is 20.1 Å². The Bertz CT molecular complexity index is 536. The van der Waals surface area contributed by atoms with E-state index in [1.165, 1.54) is 16.7 Å². The van der Waals surface area contributed by atoms with Gasteiger partial charge in [0.1, 0.15) is 0 Å². The molecule has 0 spiro atoms. The van der Waals surface area contributed by atoms with Gasteiger partial charge in [-0.25, -0.2) is 6.72 Å². The van der Waals surface area contributed by atoms with Crippen molar-refractivity contribution < 1.29 is 20.1 Å². The zero-order chi connectivity index (χ0) is 15.5. The zero-order valence-electron chi connectivity index (χ0n) is 12.8. The first-order valence-electron chi connectivity index (χ1n) is 6.38. The molecule has 112 valence electrons. The Kier molecular flexibility index (Phi) is 12.6. The molecule has 3 heteroatoms. The fraction of sp³-hybridized carbons (Fsp3) is 0.222. The topological polar surface area (TPSA) is 35.2 Å². The number of pyridine rings is 1. The summed E-state index contributed by atoms with van der Waals surface area (Å²) >= 11 is 0. The van der Waals surface area contributed by atoms with Gasteiger partial charge in [0.15, 0.2) is 0 Å². The molecule has 1 aromatic heterocycles. The summed E-state index contributed by atoms with van der Waals surface area (Å²) in [5, 5.41) is 6.75. The maximum absolute atomic E-state index is 6.75. The molecule has 21 heavy (non-hydrogen) atoms. The fourth-order valence-electron chi connectivity index (χ4n) is 1.99. The van der Waals surface area contributed by atoms with E-state index >= 15 is 0 Å². The first-order valence-corrected chi connectivity index (χ1v) is 6.38. The van der Waals surface area contributed by atoms with Crippen LogP contribution in [-0.2, 0) is 26.5 Å². The van der Waals surface area contributed by atoms with Crippen molar-refractivity contribution >= 4 is 6.72 Å². The minimum atomic E-state index is 0. The van der Waals surface area contributed by atoms with Crippen LogP contribution in [0.25, 0.3) is 16.7 Å². The van der Waals surface area contributed by atoms with Gasteiger partial charge in [-0.05, 0) is 18.7 Å². The van der Waals surface area contributed by atoms with Crippen LogP contribution in [0, 0.1) is 26.5 Å². The maximum Gasteiger partial charge on any atom is 3.00 e. The number of hydrogen-bond acceptors (Lipinski definition) is 1. The molecule has 0 saturated heterocycles. The second kappa shape index (κ2) is 12.2. The van der Waals surface area contributed by atoms with Crippen LogP contribution in [0.1, 0.15) is 23.6 Å². The number of aromatic nitrogens is 1. The minimum absolute atomic E-state index is 0. The Morgan fingerprint density at radius 3 is 2.38 bits per heavy atom. The van der Waals surface area contributed by atoms with Crippen LogP contribution in [0.3, 0.4) is 0 Å². The zero-order valence-corrected chi connectivity index (χ0v) is 15.2. The third kappa shape index (κ3) is 6.15. The van der Waals surface area contributed by atoms with Gasteiger partial charge in [-0.1, -0.05) is 31.9 Å². The summed E-state index contributed by atoms with van der Waals surface area (Å²) in [4.78, 5) is 4.43. The van der Waals surface area contributed by atoms with Crippen LogP contribution in [0.5, 0.6) is 0 Å². The van der Waals surface area contributed by atoms with Crippen molar-refractivity contribution in [2.45, 2.75) is 27.2 Å². The number of hydrogen-bond donors (Lipinski definition) is 0. The van der Waals surface area contributed by atoms with E-state index in [2.05, 4.69) is 63.8 Å². The molecule has 0 N–H and O–H groups in total. The molecule has 1 aromatic carbocycles. The molecule has 0 bridgehead atoms. The number of rotatable bonds is 2. The molecule has 0 aliphatic heterocycles. The molecule has 1 heterocycles. The second-order valence-corrected chi connectivity index (χ2v) is 4.09. The number of nitrogens with zero attached hydrogens (tertiary/aromatic N) is 2. The second-order valence-electron chi connectivity index (χ2n) is 4.09. The van der Waals surface area contributed by atoms with Crippen LogP contribution in [0.2, 0.25) is 0 Å². The van der Waals surface area contributed by atoms with Crippen molar-refractivity contribution in [3.63, 3.8) is 0 Å². The molecule has 0 radical (unpaired) electrons. The normalized spacial score (nSPS) is 8.33. The molecule has 2 rings (SSSR count). The summed E-state index contributed by atoms with van der Waals surface area (Å²) in [5.41, 5.74) is 6.08. The molecule has 0 aliphatic rings. The first kappa shape index (κ1) is 21.7. The van der Waals surface area contributed by atoms with Crippen molar-refractivity contribution in [2.24, 2.45) is 0 Å². The number of benzene rings is 1. The van der Waals surface area contributed by atoms with Crippen molar-refractivity contribution in [3.05, 3.63) is 71.8 Å². The van der Waals surface area contributed by atoms with E-state index in [1.807, 2.05) is 18.3 Å². The summed E-state index contributed by atoms with van der Waals surface area (Å²) in [6, 6.07) is 11.5. The van der Waals surface area contributed by atoms with E-state index in [1.54, 1.807) is 0 Å². The van der Waals surface area contributed by atoms with Crippen molar-refractivity contribution in [1.82, 2.24) is 4.98 Å². The SMILES string of the molecule is C=[N-].CCc1c(-c2cc(C)ccn2)[c-]ccc1C.[CH-]=C.[Ir+3]. The van der Waals surface area contributed by atoms with Crippen LogP contribution < -0.4 is 0 Å². The Labute approximate surface area is 142 Å². The van der Waals surface area contributed by atoms with Crippen molar-refractivity contribution in [3.8, 4) is 11.3 Å². The summed E-state index contributed by atoms with van der Waals surface area (Å²) < 4.78 is 0. The fourth-order valence-corrected chi connectivity index (χ4v) is 1.99. The van der Waals surface area contributed by atoms with Gasteiger partial charge in [-0.3, -0.25) is 6.58 Å². The molecule has 2 nitrogen and oxygen atoms in total. The Hall–Kier alpha value is -1.57. The molecular formula is C18H21IrN2. The van der Waals surface area contributed by atoms with E-state index < -0.39 is 0 Å². The van der Waals surface area contributed by atoms with Gasteiger partial charge < -0.3 is 17.0 Å². The molecular weight excluding hydrogens is 436 g/mol. The summed E-state index contributed by atoms with van der Waals surface area (Å²) in [6.45, 7) is 15.7. The molecule has 0 atom stereocenters. The average Bonchev–Trinajstić information content (AvgIpc) is 2.51. The van der Waals surface area contributed by atoms with Crippen LogP contribution in [0.4, 0.5) is 0 Å². The average molecular weight is 458 g/mol. The van der Waals surface area contributed by atoms with E-state index in [-0.39, 0.29) is 20.1 Å². The van der Waals surface area contributed by atoms with E-state index in [0.717, 1.165) is 17.7 Å². The van der Waals surface area contributed by atoms with Crippen LogP contribution >= 0.6 is 0 Å². The third-order valence-electron chi connectivity index (χ3n) is 2.86. The standard InChI is InChI=1S/C15H16N.C2H3.CH2N.Ir/c1-4-13-12(3)6-5-7-14(13)15-10-11(2)8-9-16-15;2*1-2;/h5-6,8-10H,4H2,1-3H3;1H,2H2;1H2;/q3*-1;+3. The molecule has 0 fully saturated rings. The smallest absolute Gasteiger partial charge is 0.817 e. The van der Waals surface area contributed by atoms with Crippen molar-refractivity contribution in [2.75, 3.05) is 0 Å². The Balaban J connectivity index is 0. The predicted molar refractivity (Wildman–Crippen MR) is 87.8 cm³/mol. The maximum atomic E-state index is 6.75. The Morgan fingerprint density at radius 1 is 1.24 bits per heavy atom. The van der Waals surface area contributed by atoms with Crippen LogP contribution in [0.15, 0.2) is 37.0 Å². The van der Waals surface area contributed by atoms with Gasteiger partial charge in [0.25, 0.3) is 0 Å². The summed E-state index contributed by atoms with van der Waals surface area (Å²) in [7, 11) is 0. The monoisotopic (exact) mass is 458 g/mol. The van der Waals surface area contributed by atoms with Gasteiger partial charge in [0.2, 0.25) is 0 Å². The van der Waals surface area contributed by atoms with Crippen molar-refractivity contribution in [1.29, 1.82) is 0 Å². The summed E-state index contributed by atoms with van der Waals surface area (Å²) in [5.74, 6) is 0. The molecule has 0 amide bonds. The largest absolute Gasteiger partial charge is 3.00 e.